The van der Waals surface area contributed by atoms with Crippen LogP contribution in [0, 0.1) is 0 Å². The number of hydrogen-bond donors (Lipinski definition) is 1. The first kappa shape index (κ1) is 21.1. The molecule has 0 radical (unpaired) electrons. The van der Waals surface area contributed by atoms with Crippen LogP contribution < -0.4 is 10.5 Å². The number of unbranched alkanes of at least 4 members (excludes halogenated alkanes) is 6. The van der Waals surface area contributed by atoms with Crippen LogP contribution in [-0.2, 0) is 6.42 Å². The number of ether oxygens (including phenoxy) is 1. The van der Waals surface area contributed by atoms with Gasteiger partial charge in [-0.05, 0) is 82.9 Å². The van der Waals surface area contributed by atoms with Gasteiger partial charge in [0.05, 0.1) is 0 Å². The predicted molar refractivity (Wildman–Crippen MR) is 113 cm³/mol. The molecule has 1 aliphatic heterocycles. The first-order chi connectivity index (χ1) is 12.5. The lowest BCUT2D eigenvalue weighted by Crippen LogP contribution is -2.37. The molecule has 0 bridgehead atoms. The number of rotatable bonds is 12. The highest BCUT2D eigenvalue weighted by atomic mass is 16.5. The third-order valence-electron chi connectivity index (χ3n) is 5.75. The van der Waals surface area contributed by atoms with Crippen LogP contribution in [0.2, 0.25) is 0 Å². The van der Waals surface area contributed by atoms with Gasteiger partial charge in [-0.15, -0.1) is 0 Å². The van der Waals surface area contributed by atoms with E-state index in [1.54, 1.807) is 0 Å². The Labute approximate surface area is 161 Å². The molecule has 2 N–H and O–H groups in total. The zero-order valence-electron chi connectivity index (χ0n) is 17.4. The second kappa shape index (κ2) is 10.8. The van der Waals surface area contributed by atoms with Gasteiger partial charge in [0.2, 0.25) is 0 Å². The fourth-order valence-electron chi connectivity index (χ4n) is 3.96. The second-order valence-corrected chi connectivity index (χ2v) is 8.45. The molecule has 1 aromatic carbocycles. The molecule has 1 aliphatic rings. The highest BCUT2D eigenvalue weighted by Gasteiger charge is 2.31. The largest absolute Gasteiger partial charge is 0.487 e. The minimum atomic E-state index is -0.0246. The Kier molecular flexibility index (Phi) is 8.77. The van der Waals surface area contributed by atoms with Crippen LogP contribution in [0.3, 0.4) is 0 Å². The van der Waals surface area contributed by atoms with Crippen LogP contribution in [0.1, 0.15) is 83.6 Å². The van der Waals surface area contributed by atoms with Gasteiger partial charge in [0, 0.05) is 5.69 Å². The smallest absolute Gasteiger partial charge is 0.123 e. The second-order valence-electron chi connectivity index (χ2n) is 8.45. The summed E-state index contributed by atoms with van der Waals surface area (Å²) in [6.45, 7) is 6.95. The molecule has 1 heterocycles. The van der Waals surface area contributed by atoms with Crippen molar-refractivity contribution in [2.45, 2.75) is 90.1 Å². The molecule has 0 aliphatic carbocycles. The van der Waals surface area contributed by atoms with Gasteiger partial charge < -0.3 is 15.4 Å². The Hall–Kier alpha value is -1.22. The van der Waals surface area contributed by atoms with E-state index in [4.69, 9.17) is 10.5 Å². The summed E-state index contributed by atoms with van der Waals surface area (Å²) in [5, 5.41) is 0. The van der Waals surface area contributed by atoms with Crippen LogP contribution in [0.25, 0.3) is 0 Å². The van der Waals surface area contributed by atoms with Crippen molar-refractivity contribution in [3.05, 3.63) is 23.8 Å². The lowest BCUT2D eigenvalue weighted by atomic mass is 9.88. The maximum Gasteiger partial charge on any atom is 0.123 e. The van der Waals surface area contributed by atoms with E-state index in [2.05, 4.69) is 31.9 Å². The zero-order valence-corrected chi connectivity index (χ0v) is 17.4. The lowest BCUT2D eigenvalue weighted by Gasteiger charge is -2.36. The van der Waals surface area contributed by atoms with Crippen LogP contribution in [0.15, 0.2) is 18.2 Å². The maximum atomic E-state index is 6.33. The fourth-order valence-corrected chi connectivity index (χ4v) is 3.96. The van der Waals surface area contributed by atoms with E-state index < -0.39 is 0 Å². The van der Waals surface area contributed by atoms with Crippen molar-refractivity contribution >= 4 is 5.69 Å². The average Bonchev–Trinajstić information content (AvgIpc) is 2.61. The first-order valence-electron chi connectivity index (χ1n) is 10.8. The molecule has 0 spiro atoms. The molecule has 3 nitrogen and oxygen atoms in total. The number of anilines is 1. The molecular formula is C23H40N2O. The third-order valence-corrected chi connectivity index (χ3v) is 5.75. The van der Waals surface area contributed by atoms with Gasteiger partial charge in [0.25, 0.3) is 0 Å². The van der Waals surface area contributed by atoms with Gasteiger partial charge in [0.1, 0.15) is 11.4 Å². The van der Waals surface area contributed by atoms with Crippen LogP contribution in [0.5, 0.6) is 5.75 Å². The lowest BCUT2D eigenvalue weighted by molar-refractivity contribution is 0.0517. The van der Waals surface area contributed by atoms with Gasteiger partial charge in [-0.25, -0.2) is 0 Å². The van der Waals surface area contributed by atoms with E-state index in [0.717, 1.165) is 30.7 Å². The molecule has 0 saturated carbocycles. The fraction of sp³-hybridized carbons (Fsp3) is 0.739. The quantitative estimate of drug-likeness (QED) is 0.377. The molecular weight excluding hydrogens is 320 g/mol. The molecule has 3 heteroatoms. The third kappa shape index (κ3) is 7.19. The summed E-state index contributed by atoms with van der Waals surface area (Å²) in [4.78, 5) is 2.49. The summed E-state index contributed by atoms with van der Waals surface area (Å²) in [6, 6.07) is 6.04. The molecule has 1 atom stereocenters. The molecule has 0 fully saturated rings. The Balaban J connectivity index is 1.59. The molecule has 1 aromatic rings. The number of fused-ring (bicyclic) bond motifs is 1. The zero-order chi connectivity index (χ0) is 18.8. The van der Waals surface area contributed by atoms with E-state index >= 15 is 0 Å². The summed E-state index contributed by atoms with van der Waals surface area (Å²) in [5.41, 5.74) is 7.96. The highest BCUT2D eigenvalue weighted by molar-refractivity contribution is 5.49. The minimum absolute atomic E-state index is 0.0246. The van der Waals surface area contributed by atoms with Crippen molar-refractivity contribution in [3.63, 3.8) is 0 Å². The Bertz CT molecular complexity index is 531. The number of nitrogens with zero attached hydrogens (tertiary/aromatic N) is 1. The molecule has 26 heavy (non-hydrogen) atoms. The monoisotopic (exact) mass is 360 g/mol. The maximum absolute atomic E-state index is 6.33. The van der Waals surface area contributed by atoms with Gasteiger partial charge >= 0.3 is 0 Å². The van der Waals surface area contributed by atoms with Crippen LogP contribution in [0.4, 0.5) is 5.69 Å². The van der Waals surface area contributed by atoms with E-state index in [-0.39, 0.29) is 5.60 Å². The highest BCUT2D eigenvalue weighted by Crippen LogP contribution is 2.36. The van der Waals surface area contributed by atoms with Crippen molar-refractivity contribution in [2.24, 2.45) is 0 Å². The number of aryl methyl sites for hydroxylation is 1. The molecule has 0 amide bonds. The summed E-state index contributed by atoms with van der Waals surface area (Å²) >= 11 is 0. The predicted octanol–water partition coefficient (Wildman–Crippen LogP) is 5.82. The summed E-state index contributed by atoms with van der Waals surface area (Å²) in [6.07, 6.45) is 14.2. The number of hydrogen-bond acceptors (Lipinski definition) is 3. The van der Waals surface area contributed by atoms with Gasteiger partial charge in [-0.1, -0.05) is 45.4 Å². The standard InChI is InChI=1S/C23H40N2O/c1-4-5-6-7-8-9-10-17-25(3)18-11-15-23(2)16-14-20-19-21(24)12-13-22(20)26-23/h12-13,19H,4-11,14-18,24H2,1-3H3. The first-order valence-corrected chi connectivity index (χ1v) is 10.8. The van der Waals surface area contributed by atoms with Crippen molar-refractivity contribution in [3.8, 4) is 5.75 Å². The van der Waals surface area contributed by atoms with Crippen LogP contribution in [-0.4, -0.2) is 30.6 Å². The summed E-state index contributed by atoms with van der Waals surface area (Å²) < 4.78 is 6.33. The normalized spacial score (nSPS) is 19.4. The average molecular weight is 361 g/mol. The Morgan fingerprint density at radius 3 is 2.50 bits per heavy atom. The minimum Gasteiger partial charge on any atom is -0.487 e. The van der Waals surface area contributed by atoms with Gasteiger partial charge in [0.15, 0.2) is 0 Å². The summed E-state index contributed by atoms with van der Waals surface area (Å²) in [7, 11) is 2.26. The molecule has 148 valence electrons. The van der Waals surface area contributed by atoms with E-state index in [1.165, 1.54) is 70.0 Å². The molecule has 0 saturated heterocycles. The van der Waals surface area contributed by atoms with Crippen molar-refractivity contribution in [1.29, 1.82) is 0 Å². The SMILES string of the molecule is CCCCCCCCCN(C)CCCC1(C)CCc2cc(N)ccc2O1. The van der Waals surface area contributed by atoms with Gasteiger partial charge in [-0.2, -0.15) is 0 Å². The molecule has 2 rings (SSSR count). The molecule has 1 unspecified atom stereocenters. The van der Waals surface area contributed by atoms with E-state index in [1.807, 2.05) is 12.1 Å². The molecule has 0 aromatic heterocycles. The van der Waals surface area contributed by atoms with E-state index in [0.29, 0.717) is 0 Å². The number of nitrogen functional groups attached to an aromatic ring is 1. The Morgan fingerprint density at radius 1 is 1.04 bits per heavy atom. The van der Waals surface area contributed by atoms with Crippen LogP contribution >= 0.6 is 0 Å². The van der Waals surface area contributed by atoms with Gasteiger partial charge in [-0.3, -0.25) is 0 Å². The topological polar surface area (TPSA) is 38.5 Å². The number of nitrogens with two attached hydrogens (primary N) is 1. The van der Waals surface area contributed by atoms with Crippen molar-refractivity contribution in [2.75, 3.05) is 25.9 Å². The number of benzene rings is 1. The Morgan fingerprint density at radius 2 is 1.73 bits per heavy atom. The van der Waals surface area contributed by atoms with E-state index in [9.17, 15) is 0 Å². The van der Waals surface area contributed by atoms with Crippen molar-refractivity contribution in [1.82, 2.24) is 4.90 Å². The van der Waals surface area contributed by atoms with Crippen molar-refractivity contribution < 1.29 is 4.74 Å². The summed E-state index contributed by atoms with van der Waals surface area (Å²) in [5.74, 6) is 1.03.